The van der Waals surface area contributed by atoms with Gasteiger partial charge in [-0.1, -0.05) is 23.6 Å². The van der Waals surface area contributed by atoms with Gasteiger partial charge in [-0.3, -0.25) is 0 Å². The molecule has 0 fully saturated rings. The average Bonchev–Trinajstić information content (AvgIpc) is 2.96. The summed E-state index contributed by atoms with van der Waals surface area (Å²) >= 11 is 0.587. The third-order valence-corrected chi connectivity index (χ3v) is 5.98. The average molecular weight is 576 g/mol. The molecule has 0 saturated heterocycles. The minimum Gasteiger partial charge on any atom is -0.505 e. The Morgan fingerprint density at radius 3 is 2.51 bits per heavy atom. The van der Waals surface area contributed by atoms with Crippen molar-refractivity contribution in [1.82, 2.24) is 0 Å². The van der Waals surface area contributed by atoms with Crippen LogP contribution in [0.15, 0.2) is 86.0 Å². The summed E-state index contributed by atoms with van der Waals surface area (Å²) in [6.07, 6.45) is 7.43. The van der Waals surface area contributed by atoms with Crippen LogP contribution in [0.2, 0.25) is 0 Å². The topological polar surface area (TPSA) is 190 Å². The lowest BCUT2D eigenvalue weighted by Gasteiger charge is -2.11. The maximum absolute atomic E-state index is 11.3. The van der Waals surface area contributed by atoms with Crippen LogP contribution in [0.25, 0.3) is 10.8 Å². The van der Waals surface area contributed by atoms with Gasteiger partial charge in [0.25, 0.3) is 0 Å². The van der Waals surface area contributed by atoms with E-state index < -0.39 is 5.97 Å². The monoisotopic (exact) mass is 575 g/mol. The fraction of sp³-hybridized carbons (Fsp3) is 0.0741. The Hall–Kier alpha value is -5.20. The number of aromatic hydroxyl groups is 1. The molecule has 0 amide bonds. The van der Waals surface area contributed by atoms with E-state index in [4.69, 9.17) is 26.9 Å². The fourth-order valence-electron chi connectivity index (χ4n) is 3.60. The van der Waals surface area contributed by atoms with Crippen LogP contribution in [-0.2, 0) is 9.37 Å². The normalized spacial score (nSPS) is 11.2. The van der Waals surface area contributed by atoms with Gasteiger partial charge in [-0.15, -0.1) is 19.7 Å². The summed E-state index contributed by atoms with van der Waals surface area (Å²) in [5, 5.41) is 50.2. The lowest BCUT2D eigenvalue weighted by atomic mass is 10.1. The molecule has 5 N–H and O–H groups in total. The fourth-order valence-corrected chi connectivity index (χ4v) is 4.09. The van der Waals surface area contributed by atoms with Crippen LogP contribution in [0.5, 0.6) is 17.2 Å². The van der Waals surface area contributed by atoms with Crippen LogP contribution in [0, 0.1) is 12.5 Å². The Labute approximate surface area is 236 Å². The molecular formula is C27H21N5O8S. The molecule has 208 valence electrons. The maximum Gasteiger partial charge on any atom is 0.335 e. The molecule has 0 aromatic heterocycles. The molecule has 0 aliphatic carbocycles. The second-order valence-corrected chi connectivity index (χ2v) is 8.72. The highest BCUT2D eigenvalue weighted by Gasteiger charge is 2.17. The van der Waals surface area contributed by atoms with Crippen LogP contribution in [0.4, 0.5) is 28.4 Å². The van der Waals surface area contributed by atoms with Gasteiger partial charge >= 0.3 is 5.97 Å². The van der Waals surface area contributed by atoms with Gasteiger partial charge in [-0.2, -0.15) is 5.11 Å². The first kappa shape index (κ1) is 28.8. The Bertz CT molecular complexity index is 1700. The molecule has 0 aliphatic heterocycles. The van der Waals surface area contributed by atoms with Crippen molar-refractivity contribution in [1.29, 1.82) is 0 Å². The number of nitrogen functional groups attached to an aromatic ring is 1. The summed E-state index contributed by atoms with van der Waals surface area (Å²) < 4.78 is 15.6. The van der Waals surface area contributed by atoms with Crippen molar-refractivity contribution in [2.24, 2.45) is 20.5 Å². The van der Waals surface area contributed by atoms with Crippen molar-refractivity contribution in [3.8, 4) is 29.8 Å². The number of terminal acetylenes is 1. The molecule has 0 heterocycles. The largest absolute Gasteiger partial charge is 0.505 e. The molecular weight excluding hydrogens is 554 g/mol. The number of phenolic OH excluding ortho intramolecular Hbond substituents is 1. The number of ether oxygens (including phenoxy) is 2. The highest BCUT2D eigenvalue weighted by Crippen LogP contribution is 2.46. The number of anilines is 1. The van der Waals surface area contributed by atoms with Crippen LogP contribution >= 0.6 is 12.0 Å². The second kappa shape index (κ2) is 13.2. The Kier molecular flexibility index (Phi) is 9.30. The predicted molar refractivity (Wildman–Crippen MR) is 150 cm³/mol. The van der Waals surface area contributed by atoms with E-state index in [0.717, 1.165) is 0 Å². The molecule has 0 aliphatic rings. The van der Waals surface area contributed by atoms with Gasteiger partial charge in [0.2, 0.25) is 0 Å². The van der Waals surface area contributed by atoms with Crippen molar-refractivity contribution < 1.29 is 39.1 Å². The number of azo groups is 2. The summed E-state index contributed by atoms with van der Waals surface area (Å²) in [6.45, 7) is 2.00. The lowest BCUT2D eigenvalue weighted by Crippen LogP contribution is -1.94. The van der Waals surface area contributed by atoms with Crippen molar-refractivity contribution in [3.63, 3.8) is 0 Å². The van der Waals surface area contributed by atoms with E-state index in [1.807, 2.05) is 0 Å². The van der Waals surface area contributed by atoms with Crippen LogP contribution < -0.4 is 15.2 Å². The molecule has 0 unspecified atom stereocenters. The molecule has 0 spiro atoms. The van der Waals surface area contributed by atoms with E-state index >= 15 is 0 Å². The number of hydrogen-bond donors (Lipinski definition) is 4. The Morgan fingerprint density at radius 2 is 1.78 bits per heavy atom. The first-order valence-electron chi connectivity index (χ1n) is 11.6. The standard InChI is InChI=1S/C27H21N5O8S/c1-3-37-22-14-21(23(38-4-2)13-20(22)30-29-18-7-5-6-16(10-18)27(34)35)31-32-25-24(41-40-39-36)11-15-8-9-17(28)12-19(15)26(25)33/h1,5-14,33,36H,4,28H2,2H3,(H,34,35). The minimum absolute atomic E-state index is 0.0194. The summed E-state index contributed by atoms with van der Waals surface area (Å²) in [5.74, 6) is -1.06. The van der Waals surface area contributed by atoms with Gasteiger partial charge in [-0.05, 0) is 48.7 Å². The van der Waals surface area contributed by atoms with Crippen LogP contribution in [-0.4, -0.2) is 28.0 Å². The first-order valence-corrected chi connectivity index (χ1v) is 12.4. The summed E-state index contributed by atoms with van der Waals surface area (Å²) in [5.41, 5.74) is 6.93. The quantitative estimate of drug-likeness (QED) is 0.0349. The third kappa shape index (κ3) is 6.87. The zero-order valence-corrected chi connectivity index (χ0v) is 22.0. The Balaban J connectivity index is 1.79. The van der Waals surface area contributed by atoms with Crippen molar-refractivity contribution >= 4 is 57.2 Å². The van der Waals surface area contributed by atoms with Crippen molar-refractivity contribution in [2.75, 3.05) is 12.3 Å². The van der Waals surface area contributed by atoms with Crippen LogP contribution in [0.1, 0.15) is 17.3 Å². The number of rotatable bonds is 11. The third-order valence-electron chi connectivity index (χ3n) is 5.36. The van der Waals surface area contributed by atoms with Gasteiger partial charge in [-0.25, -0.2) is 10.1 Å². The summed E-state index contributed by atoms with van der Waals surface area (Å²) in [6, 6.07) is 15.3. The Morgan fingerprint density at radius 1 is 1.02 bits per heavy atom. The molecule has 13 nitrogen and oxygen atoms in total. The van der Waals surface area contributed by atoms with Crippen molar-refractivity contribution in [3.05, 3.63) is 66.2 Å². The molecule has 0 radical (unpaired) electrons. The number of nitrogens with two attached hydrogens (primary N) is 1. The van der Waals surface area contributed by atoms with E-state index in [0.29, 0.717) is 28.5 Å². The van der Waals surface area contributed by atoms with E-state index in [-0.39, 0.29) is 57.1 Å². The van der Waals surface area contributed by atoms with E-state index in [1.54, 1.807) is 37.3 Å². The SMILES string of the molecule is C#COc1cc(N=Nc2c(SOOO)cc3ccc(N)cc3c2O)c(OCC)cc1N=Nc1cccc(C(=O)O)c1. The van der Waals surface area contributed by atoms with E-state index in [9.17, 15) is 15.0 Å². The molecule has 0 bridgehead atoms. The number of nitrogens with zero attached hydrogens (tertiary/aromatic N) is 4. The number of carboxylic acids is 1. The number of hydrogen-bond acceptors (Lipinski definition) is 13. The number of phenols is 1. The molecule has 0 atom stereocenters. The highest BCUT2D eigenvalue weighted by molar-refractivity contribution is 7.94. The molecule has 0 saturated carbocycles. The van der Waals surface area contributed by atoms with Gasteiger partial charge in [0.1, 0.15) is 28.9 Å². The molecule has 14 heteroatoms. The zero-order valence-electron chi connectivity index (χ0n) is 21.2. The van der Waals surface area contributed by atoms with Gasteiger partial charge in [0.05, 0.1) is 34.8 Å². The van der Waals surface area contributed by atoms with E-state index in [2.05, 4.69) is 35.9 Å². The van der Waals surface area contributed by atoms with Gasteiger partial charge in [0, 0.05) is 23.2 Å². The molecule has 4 rings (SSSR count). The highest BCUT2D eigenvalue weighted by atomic mass is 32.2. The van der Waals surface area contributed by atoms with Gasteiger partial charge < -0.3 is 25.4 Å². The summed E-state index contributed by atoms with van der Waals surface area (Å²) in [4.78, 5) is 11.5. The van der Waals surface area contributed by atoms with Crippen molar-refractivity contribution in [2.45, 2.75) is 11.8 Å². The second-order valence-electron chi connectivity index (χ2n) is 7.97. The first-order chi connectivity index (χ1) is 19.8. The zero-order chi connectivity index (χ0) is 29.4. The number of carboxylic acid groups (broad SMARTS) is 1. The van der Waals surface area contributed by atoms with Gasteiger partial charge in [0.15, 0.2) is 11.5 Å². The molecule has 41 heavy (non-hydrogen) atoms. The number of fused-ring (bicyclic) bond motifs is 1. The minimum atomic E-state index is -1.11. The van der Waals surface area contributed by atoms with E-state index in [1.165, 1.54) is 30.3 Å². The molecule has 4 aromatic carbocycles. The number of aromatic carboxylic acids is 1. The number of carbonyl (C=O) groups is 1. The summed E-state index contributed by atoms with van der Waals surface area (Å²) in [7, 11) is 0. The predicted octanol–water partition coefficient (Wildman–Crippen LogP) is 7.45. The maximum atomic E-state index is 11.3. The smallest absolute Gasteiger partial charge is 0.335 e. The lowest BCUT2D eigenvalue weighted by molar-refractivity contribution is -0.432. The van der Waals surface area contributed by atoms with Crippen LogP contribution in [0.3, 0.4) is 0 Å². The molecule has 4 aromatic rings. The number of benzene rings is 4.